The number of rotatable bonds is 7. The summed E-state index contributed by atoms with van der Waals surface area (Å²) in [6.45, 7) is 8.42. The molecule has 1 saturated heterocycles. The second-order valence-corrected chi connectivity index (χ2v) is 12.1. The largest absolute Gasteiger partial charge is 0.573 e. The predicted octanol–water partition coefficient (Wildman–Crippen LogP) is 8.64. The van der Waals surface area contributed by atoms with E-state index in [-0.39, 0.29) is 17.7 Å². The highest BCUT2D eigenvalue weighted by Crippen LogP contribution is 2.35. The molecular formula is C33H33F3N6O2S. The van der Waals surface area contributed by atoms with Crippen LogP contribution in [-0.2, 0) is 0 Å². The minimum absolute atomic E-state index is 0.151. The van der Waals surface area contributed by atoms with Crippen molar-refractivity contribution in [3.8, 4) is 22.8 Å². The summed E-state index contributed by atoms with van der Waals surface area (Å²) in [7, 11) is 0. The summed E-state index contributed by atoms with van der Waals surface area (Å²) in [5.41, 5.74) is 4.51. The normalized spacial score (nSPS) is 17.3. The number of thioether (sulfide) groups is 1. The van der Waals surface area contributed by atoms with Crippen LogP contribution in [0.1, 0.15) is 57.1 Å². The monoisotopic (exact) mass is 634 g/mol. The number of carbonyl (C=O) groups is 1. The van der Waals surface area contributed by atoms with Crippen LogP contribution in [0, 0.1) is 0 Å². The van der Waals surface area contributed by atoms with Crippen LogP contribution in [0.2, 0.25) is 0 Å². The minimum atomic E-state index is -4.75. The van der Waals surface area contributed by atoms with Crippen LogP contribution in [0.15, 0.2) is 89.1 Å². The van der Waals surface area contributed by atoms with Crippen molar-refractivity contribution in [3.63, 3.8) is 0 Å². The lowest BCUT2D eigenvalue weighted by atomic mass is 9.99. The zero-order valence-electron chi connectivity index (χ0n) is 25.3. The fourth-order valence-electron chi connectivity index (χ4n) is 4.96. The molecule has 0 saturated carbocycles. The van der Waals surface area contributed by atoms with E-state index in [1.165, 1.54) is 40.8 Å². The summed E-state index contributed by atoms with van der Waals surface area (Å²) in [4.78, 5) is 27.9. The lowest BCUT2D eigenvalue weighted by molar-refractivity contribution is -0.274. The van der Waals surface area contributed by atoms with Gasteiger partial charge in [-0.05, 0) is 60.7 Å². The number of anilines is 1. The van der Waals surface area contributed by atoms with E-state index >= 15 is 0 Å². The van der Waals surface area contributed by atoms with Gasteiger partial charge in [-0.2, -0.15) is 4.99 Å². The molecule has 2 heterocycles. The highest BCUT2D eigenvalue weighted by Gasteiger charge is 2.31. The average Bonchev–Trinajstić information content (AvgIpc) is 3.50. The van der Waals surface area contributed by atoms with Gasteiger partial charge in [-0.15, -0.1) is 18.3 Å². The summed E-state index contributed by atoms with van der Waals surface area (Å²) in [6, 6.07) is 20.8. The third kappa shape index (κ3) is 7.99. The lowest BCUT2D eigenvalue weighted by Crippen LogP contribution is -2.42. The average molecular weight is 635 g/mol. The molecule has 1 aliphatic heterocycles. The fourth-order valence-corrected chi connectivity index (χ4v) is 6.16. The summed E-state index contributed by atoms with van der Waals surface area (Å²) >= 11 is 1.57. The summed E-state index contributed by atoms with van der Waals surface area (Å²) in [5, 5.41) is 5.11. The molecule has 3 aromatic carbocycles. The van der Waals surface area contributed by atoms with Gasteiger partial charge < -0.3 is 9.64 Å². The van der Waals surface area contributed by atoms with Gasteiger partial charge >= 0.3 is 12.4 Å². The molecule has 5 rings (SSSR count). The van der Waals surface area contributed by atoms with Gasteiger partial charge in [0.25, 0.3) is 0 Å². The number of amidine groups is 1. The number of ether oxygens (including phenoxy) is 1. The SMILES string of the molecule is CC(C)c1ccccc1N1C(=NC(=O)N=CC(C)c2ccc(-c3ncn(-c4ccc(OC(F)(F)F)cc4)n3)cc2)SCCC1C. The van der Waals surface area contributed by atoms with E-state index in [2.05, 4.69) is 62.6 Å². The van der Waals surface area contributed by atoms with Crippen molar-refractivity contribution in [1.29, 1.82) is 0 Å². The van der Waals surface area contributed by atoms with Gasteiger partial charge in [0, 0.05) is 35.2 Å². The summed E-state index contributed by atoms with van der Waals surface area (Å²) in [5.74, 6) is 1.20. The van der Waals surface area contributed by atoms with Crippen LogP contribution < -0.4 is 9.64 Å². The van der Waals surface area contributed by atoms with Crippen molar-refractivity contribution in [2.75, 3.05) is 10.7 Å². The standard InChI is InChI=1S/C33H33F3N6O2S/c1-21(2)28-7-5-6-8-29(28)42-23(4)17-18-45-32(42)39-31(43)37-19-22(3)24-9-11-25(12-10-24)30-38-20-41(40-30)26-13-15-27(16-14-26)44-33(34,35)36/h5-16,19-23H,17-18H2,1-4H3. The number of halogens is 3. The number of hydrogen-bond donors (Lipinski definition) is 0. The molecule has 1 aliphatic rings. The smallest absolute Gasteiger partial charge is 0.406 e. The van der Waals surface area contributed by atoms with Crippen molar-refractivity contribution >= 4 is 34.9 Å². The summed E-state index contributed by atoms with van der Waals surface area (Å²) in [6.07, 6.45) is -0.677. The Labute approximate surface area is 264 Å². The lowest BCUT2D eigenvalue weighted by Gasteiger charge is -2.37. The van der Waals surface area contributed by atoms with Crippen LogP contribution in [0.25, 0.3) is 17.1 Å². The quantitative estimate of drug-likeness (QED) is 0.189. The number of carbonyl (C=O) groups excluding carboxylic acids is 1. The zero-order valence-corrected chi connectivity index (χ0v) is 26.1. The Morgan fingerprint density at radius 1 is 1.04 bits per heavy atom. The molecule has 0 aliphatic carbocycles. The van der Waals surface area contributed by atoms with Crippen LogP contribution in [0.3, 0.4) is 0 Å². The number of aliphatic imine (C=N–C) groups is 2. The van der Waals surface area contributed by atoms with E-state index in [0.717, 1.165) is 29.0 Å². The third-order valence-corrected chi connectivity index (χ3v) is 8.34. The van der Waals surface area contributed by atoms with Gasteiger partial charge in [0.1, 0.15) is 12.1 Å². The molecule has 0 bridgehead atoms. The maximum Gasteiger partial charge on any atom is 0.573 e. The number of para-hydroxylation sites is 1. The molecule has 0 N–H and O–H groups in total. The van der Waals surface area contributed by atoms with Crippen LogP contribution in [0.4, 0.5) is 23.7 Å². The van der Waals surface area contributed by atoms with Gasteiger partial charge in [0.2, 0.25) is 0 Å². The maximum absolute atomic E-state index is 12.9. The van der Waals surface area contributed by atoms with E-state index in [4.69, 9.17) is 0 Å². The van der Waals surface area contributed by atoms with E-state index in [1.807, 2.05) is 43.3 Å². The fraction of sp³-hybridized carbons (Fsp3) is 0.303. The van der Waals surface area contributed by atoms with Gasteiger partial charge in [0.15, 0.2) is 11.0 Å². The molecule has 8 nitrogen and oxygen atoms in total. The third-order valence-electron chi connectivity index (χ3n) is 7.35. The number of nitrogens with zero attached hydrogens (tertiary/aromatic N) is 6. The van der Waals surface area contributed by atoms with Crippen molar-refractivity contribution in [2.24, 2.45) is 9.98 Å². The van der Waals surface area contributed by atoms with Crippen LogP contribution >= 0.6 is 11.8 Å². The van der Waals surface area contributed by atoms with E-state index < -0.39 is 12.4 Å². The molecule has 2 atom stereocenters. The van der Waals surface area contributed by atoms with Gasteiger partial charge in [-0.25, -0.2) is 19.5 Å². The van der Waals surface area contributed by atoms with Crippen LogP contribution in [0.5, 0.6) is 5.75 Å². The van der Waals surface area contributed by atoms with Crippen molar-refractivity contribution < 1.29 is 22.7 Å². The Hall–Kier alpha value is -4.45. The molecule has 2 amide bonds. The molecule has 0 spiro atoms. The number of hydrogen-bond acceptors (Lipinski definition) is 5. The number of amides is 2. The number of urea groups is 1. The first-order valence-electron chi connectivity index (χ1n) is 14.5. The molecule has 2 unspecified atom stereocenters. The summed E-state index contributed by atoms with van der Waals surface area (Å²) < 4.78 is 42.7. The number of aromatic nitrogens is 3. The molecular weight excluding hydrogens is 601 g/mol. The molecule has 1 aromatic heterocycles. The van der Waals surface area contributed by atoms with Gasteiger partial charge in [-0.1, -0.05) is 75.0 Å². The molecule has 0 radical (unpaired) electrons. The first-order chi connectivity index (χ1) is 21.5. The first-order valence-corrected chi connectivity index (χ1v) is 15.5. The van der Waals surface area contributed by atoms with Crippen molar-refractivity contribution in [3.05, 3.63) is 90.3 Å². The molecule has 234 valence electrons. The topological polar surface area (TPSA) is 85.0 Å². The molecule has 12 heteroatoms. The highest BCUT2D eigenvalue weighted by atomic mass is 32.2. The Bertz CT molecular complexity index is 1680. The highest BCUT2D eigenvalue weighted by molar-refractivity contribution is 8.14. The van der Waals surface area contributed by atoms with E-state index in [9.17, 15) is 18.0 Å². The van der Waals surface area contributed by atoms with Crippen molar-refractivity contribution in [2.45, 2.75) is 58.4 Å². The Kier molecular flexibility index (Phi) is 9.71. The Balaban J connectivity index is 1.25. The number of benzene rings is 3. The van der Waals surface area contributed by atoms with Crippen molar-refractivity contribution in [1.82, 2.24) is 14.8 Å². The van der Waals surface area contributed by atoms with Crippen LogP contribution in [-0.4, -0.2) is 50.3 Å². The first kappa shape index (κ1) is 32.0. The number of alkyl halides is 3. The van der Waals surface area contributed by atoms with Gasteiger partial charge in [0.05, 0.1) is 5.69 Å². The molecule has 1 fully saturated rings. The van der Waals surface area contributed by atoms with Gasteiger partial charge in [-0.3, -0.25) is 0 Å². The maximum atomic E-state index is 12.9. The van der Waals surface area contributed by atoms with E-state index in [0.29, 0.717) is 22.6 Å². The second-order valence-electron chi connectivity index (χ2n) is 11.0. The Morgan fingerprint density at radius 2 is 1.76 bits per heavy atom. The zero-order chi connectivity index (χ0) is 32.1. The molecule has 45 heavy (non-hydrogen) atoms. The Morgan fingerprint density at radius 3 is 2.44 bits per heavy atom. The molecule has 4 aromatic rings. The van der Waals surface area contributed by atoms with E-state index in [1.54, 1.807) is 18.0 Å². The predicted molar refractivity (Wildman–Crippen MR) is 173 cm³/mol. The minimum Gasteiger partial charge on any atom is -0.406 e. The second kappa shape index (κ2) is 13.7.